The maximum absolute atomic E-state index is 5.76. The summed E-state index contributed by atoms with van der Waals surface area (Å²) in [7, 11) is 0. The minimum absolute atomic E-state index is 0.334. The molecular formula is C10H7Cl2NO. The summed E-state index contributed by atoms with van der Waals surface area (Å²) in [5.41, 5.74) is 0.894. The van der Waals surface area contributed by atoms with E-state index in [1.54, 1.807) is 18.3 Å². The van der Waals surface area contributed by atoms with Gasteiger partial charge in [0.15, 0.2) is 0 Å². The van der Waals surface area contributed by atoms with E-state index in [0.717, 1.165) is 5.56 Å². The molecule has 0 aliphatic carbocycles. The van der Waals surface area contributed by atoms with Gasteiger partial charge in [0.1, 0.15) is 5.76 Å². The predicted molar refractivity (Wildman–Crippen MR) is 56.5 cm³/mol. The fraction of sp³-hybridized carbons (Fsp3) is 0.100. The number of oxazole rings is 1. The molecule has 72 valence electrons. The number of hydrogen-bond acceptors (Lipinski definition) is 2. The summed E-state index contributed by atoms with van der Waals surface area (Å²) in [4.78, 5) is 4.09. The first-order chi connectivity index (χ1) is 6.79. The highest BCUT2D eigenvalue weighted by Gasteiger charge is 2.04. The zero-order valence-electron chi connectivity index (χ0n) is 7.21. The van der Waals surface area contributed by atoms with Gasteiger partial charge in [-0.25, -0.2) is 4.98 Å². The molecule has 2 nitrogen and oxygen atoms in total. The lowest BCUT2D eigenvalue weighted by Crippen LogP contribution is -1.75. The third-order valence-corrected chi connectivity index (χ3v) is 2.29. The summed E-state index contributed by atoms with van der Waals surface area (Å²) in [5.74, 6) is 1.56. The number of halogens is 2. The second kappa shape index (κ2) is 4.03. The second-order valence-corrected chi connectivity index (χ2v) is 3.48. The van der Waals surface area contributed by atoms with Crippen LogP contribution in [0.1, 0.15) is 5.76 Å². The third kappa shape index (κ3) is 1.91. The molecule has 2 aromatic rings. The van der Waals surface area contributed by atoms with Crippen LogP contribution < -0.4 is 0 Å². The number of alkyl halides is 1. The molecule has 0 spiro atoms. The van der Waals surface area contributed by atoms with E-state index in [9.17, 15) is 0 Å². The molecule has 4 heteroatoms. The number of benzene rings is 1. The van der Waals surface area contributed by atoms with Crippen LogP contribution in [0.3, 0.4) is 0 Å². The lowest BCUT2D eigenvalue weighted by Gasteiger charge is -1.94. The van der Waals surface area contributed by atoms with Crippen molar-refractivity contribution in [1.82, 2.24) is 4.98 Å². The highest BCUT2D eigenvalue weighted by atomic mass is 35.5. The van der Waals surface area contributed by atoms with Gasteiger partial charge in [-0.1, -0.05) is 11.6 Å². The Bertz CT molecular complexity index is 422. The van der Waals surface area contributed by atoms with Gasteiger partial charge in [-0.15, -0.1) is 11.6 Å². The first-order valence-electron chi connectivity index (χ1n) is 4.06. The van der Waals surface area contributed by atoms with E-state index in [0.29, 0.717) is 22.6 Å². The Hall–Kier alpha value is -0.990. The van der Waals surface area contributed by atoms with E-state index in [2.05, 4.69) is 4.98 Å². The molecule has 0 radical (unpaired) electrons. The molecule has 0 aliphatic rings. The molecule has 0 bridgehead atoms. The minimum atomic E-state index is 0.334. The molecule has 0 aliphatic heterocycles. The quantitative estimate of drug-likeness (QED) is 0.732. The average molecular weight is 228 g/mol. The van der Waals surface area contributed by atoms with Crippen LogP contribution in [0.25, 0.3) is 11.5 Å². The smallest absolute Gasteiger partial charge is 0.226 e. The Morgan fingerprint density at radius 1 is 1.21 bits per heavy atom. The van der Waals surface area contributed by atoms with Gasteiger partial charge in [0.25, 0.3) is 0 Å². The van der Waals surface area contributed by atoms with Gasteiger partial charge >= 0.3 is 0 Å². The zero-order valence-corrected chi connectivity index (χ0v) is 8.72. The fourth-order valence-corrected chi connectivity index (χ4v) is 1.34. The van der Waals surface area contributed by atoms with E-state index in [-0.39, 0.29) is 0 Å². The number of nitrogens with zero attached hydrogens (tertiary/aromatic N) is 1. The topological polar surface area (TPSA) is 26.0 Å². The SMILES string of the molecule is ClCc1cnc(-c2ccc(Cl)cc2)o1. The largest absolute Gasteiger partial charge is 0.440 e. The van der Waals surface area contributed by atoms with E-state index < -0.39 is 0 Å². The average Bonchev–Trinajstić information content (AvgIpc) is 2.67. The van der Waals surface area contributed by atoms with Crippen LogP contribution in [0.4, 0.5) is 0 Å². The van der Waals surface area contributed by atoms with Crippen molar-refractivity contribution >= 4 is 23.2 Å². The molecule has 0 unspecified atom stereocenters. The van der Waals surface area contributed by atoms with Crippen LogP contribution in [0.5, 0.6) is 0 Å². The van der Waals surface area contributed by atoms with Crippen LogP contribution in [-0.2, 0) is 5.88 Å². The minimum Gasteiger partial charge on any atom is -0.440 e. The summed E-state index contributed by atoms with van der Waals surface area (Å²) < 4.78 is 5.37. The van der Waals surface area contributed by atoms with Gasteiger partial charge in [-0.3, -0.25) is 0 Å². The van der Waals surface area contributed by atoms with E-state index in [1.807, 2.05) is 12.1 Å². The second-order valence-electron chi connectivity index (χ2n) is 2.77. The monoisotopic (exact) mass is 227 g/mol. The summed E-state index contributed by atoms with van der Waals surface area (Å²) in [6.07, 6.45) is 1.62. The van der Waals surface area contributed by atoms with Crippen LogP contribution >= 0.6 is 23.2 Å². The Kier molecular flexibility index (Phi) is 2.75. The van der Waals surface area contributed by atoms with Gasteiger partial charge in [0.2, 0.25) is 5.89 Å². The van der Waals surface area contributed by atoms with Crippen LogP contribution in [-0.4, -0.2) is 4.98 Å². The summed E-state index contributed by atoms with van der Waals surface area (Å²) >= 11 is 11.4. The lowest BCUT2D eigenvalue weighted by molar-refractivity contribution is 0.537. The van der Waals surface area contributed by atoms with E-state index in [1.165, 1.54) is 0 Å². The van der Waals surface area contributed by atoms with Gasteiger partial charge < -0.3 is 4.42 Å². The Morgan fingerprint density at radius 2 is 1.93 bits per heavy atom. The Morgan fingerprint density at radius 3 is 2.50 bits per heavy atom. The highest BCUT2D eigenvalue weighted by Crippen LogP contribution is 2.21. The Labute approximate surface area is 91.5 Å². The molecule has 0 saturated carbocycles. The van der Waals surface area contributed by atoms with Crippen molar-refractivity contribution < 1.29 is 4.42 Å². The van der Waals surface area contributed by atoms with Crippen molar-refractivity contribution in [1.29, 1.82) is 0 Å². The van der Waals surface area contributed by atoms with Crippen molar-refractivity contribution in [2.75, 3.05) is 0 Å². The van der Waals surface area contributed by atoms with Crippen LogP contribution in [0.15, 0.2) is 34.9 Å². The summed E-state index contributed by atoms with van der Waals surface area (Å²) in [5, 5.41) is 0.692. The van der Waals surface area contributed by atoms with E-state index >= 15 is 0 Å². The Balaban J connectivity index is 2.34. The number of rotatable bonds is 2. The van der Waals surface area contributed by atoms with Gasteiger partial charge in [0, 0.05) is 10.6 Å². The molecule has 2 rings (SSSR count). The first kappa shape index (κ1) is 9.56. The lowest BCUT2D eigenvalue weighted by atomic mass is 10.2. The van der Waals surface area contributed by atoms with Crippen molar-refractivity contribution in [2.24, 2.45) is 0 Å². The molecule has 14 heavy (non-hydrogen) atoms. The summed E-state index contributed by atoms with van der Waals surface area (Å²) in [6.45, 7) is 0. The third-order valence-electron chi connectivity index (χ3n) is 1.78. The molecule has 0 saturated heterocycles. The van der Waals surface area contributed by atoms with Crippen LogP contribution in [0, 0.1) is 0 Å². The van der Waals surface area contributed by atoms with Crippen molar-refractivity contribution in [2.45, 2.75) is 5.88 Å². The maximum atomic E-state index is 5.76. The molecule has 0 N–H and O–H groups in total. The molecular weight excluding hydrogens is 221 g/mol. The van der Waals surface area contributed by atoms with E-state index in [4.69, 9.17) is 27.6 Å². The van der Waals surface area contributed by atoms with Gasteiger partial charge in [-0.2, -0.15) is 0 Å². The normalized spacial score (nSPS) is 10.4. The number of aromatic nitrogens is 1. The standard InChI is InChI=1S/C10H7Cl2NO/c11-5-9-6-13-10(14-9)7-1-3-8(12)4-2-7/h1-4,6H,5H2. The van der Waals surface area contributed by atoms with Crippen LogP contribution in [0.2, 0.25) is 5.02 Å². The fourth-order valence-electron chi connectivity index (χ4n) is 1.10. The number of hydrogen-bond donors (Lipinski definition) is 0. The molecule has 1 heterocycles. The first-order valence-corrected chi connectivity index (χ1v) is 4.97. The zero-order chi connectivity index (χ0) is 9.97. The van der Waals surface area contributed by atoms with Crippen molar-refractivity contribution in [3.63, 3.8) is 0 Å². The predicted octanol–water partition coefficient (Wildman–Crippen LogP) is 3.73. The highest BCUT2D eigenvalue weighted by molar-refractivity contribution is 6.30. The van der Waals surface area contributed by atoms with Gasteiger partial charge in [0.05, 0.1) is 12.1 Å². The molecule has 0 amide bonds. The molecule has 1 aromatic heterocycles. The summed E-state index contributed by atoms with van der Waals surface area (Å²) in [6, 6.07) is 7.29. The maximum Gasteiger partial charge on any atom is 0.226 e. The van der Waals surface area contributed by atoms with Gasteiger partial charge in [-0.05, 0) is 24.3 Å². The molecule has 0 atom stereocenters. The molecule has 1 aromatic carbocycles. The van der Waals surface area contributed by atoms with Crippen molar-refractivity contribution in [3.8, 4) is 11.5 Å². The molecule has 0 fully saturated rings. The van der Waals surface area contributed by atoms with Crippen molar-refractivity contribution in [3.05, 3.63) is 41.2 Å².